The van der Waals surface area contributed by atoms with Crippen molar-refractivity contribution in [1.29, 1.82) is 0 Å². The molecule has 0 fully saturated rings. The molecular weight excluding hydrogens is 866 g/mol. The predicted molar refractivity (Wildman–Crippen MR) is 238 cm³/mol. The number of hydrogen-bond acceptors (Lipinski definition) is 8. The fourth-order valence-electron chi connectivity index (χ4n) is 7.27. The molecule has 2 aromatic carbocycles. The van der Waals surface area contributed by atoms with E-state index in [2.05, 4.69) is 13.8 Å². The zero-order valence-corrected chi connectivity index (χ0v) is 41.8. The Morgan fingerprint density at radius 3 is 1.10 bits per heavy atom. The fraction of sp³-hybridized carbons (Fsp3) is 0.720. The number of carbonyl (C=O) groups is 2. The molecule has 9 heteroatoms. The molecule has 4 atom stereocenters. The van der Waals surface area contributed by atoms with Gasteiger partial charge in [0.2, 0.25) is 0 Å². The van der Waals surface area contributed by atoms with Gasteiger partial charge in [-0.25, -0.2) is 0 Å². The van der Waals surface area contributed by atoms with Crippen LogP contribution in [0.5, 0.6) is 0 Å². The second kappa shape index (κ2) is 42.1. The van der Waals surface area contributed by atoms with E-state index in [0.29, 0.717) is 38.9 Å². The molecule has 2 aromatic rings. The molecule has 4 unspecified atom stereocenters. The topological polar surface area (TPSA) is 139 Å². The Morgan fingerprint density at radius 1 is 0.475 bits per heavy atom. The van der Waals surface area contributed by atoms with Gasteiger partial charge in [0, 0.05) is 11.9 Å². The quantitative estimate of drug-likeness (QED) is 0.0501. The molecule has 0 aromatic heterocycles. The van der Waals surface area contributed by atoms with Gasteiger partial charge in [-0.05, 0) is 75.3 Å². The number of carbonyl (C=O) groups excluding carboxylic acids is 2. The minimum Gasteiger partial charge on any atom is -0.550 e. The van der Waals surface area contributed by atoms with E-state index in [-0.39, 0.29) is 86.1 Å². The first-order chi connectivity index (χ1) is 28.2. The van der Waals surface area contributed by atoms with Crippen molar-refractivity contribution in [3.63, 3.8) is 0 Å². The first-order valence-electron chi connectivity index (χ1n) is 23.3. The standard InChI is InChI=1S/2C25H42O4.Ba/c2*1-2-3-4-5-6-7-8-12-17-23(26)20-24(18-13-14-19-25(27)28)29-21-22-15-10-9-11-16-22;/h2*9-11,15-16,23-24,26H,2-8,12-14,17-21H2,1H3,(H,27,28);/q;;+2/p-2. The van der Waals surface area contributed by atoms with Gasteiger partial charge in [0.25, 0.3) is 0 Å². The van der Waals surface area contributed by atoms with Gasteiger partial charge in [0.05, 0.1) is 37.6 Å². The maximum Gasteiger partial charge on any atom is 2.00 e. The SMILES string of the molecule is CCCCCCCCCCC(O)CC(CCCCC(=O)[O-])OCc1ccccc1.CCCCCCCCCCC(O)CC(CCCCC(=O)[O-])OCc1ccccc1.[Ba+2]. The molecule has 0 heterocycles. The number of rotatable bonds is 38. The molecule has 2 rings (SSSR count). The van der Waals surface area contributed by atoms with Gasteiger partial charge in [0.15, 0.2) is 0 Å². The van der Waals surface area contributed by atoms with Gasteiger partial charge in [-0.2, -0.15) is 0 Å². The third-order valence-electron chi connectivity index (χ3n) is 10.8. The van der Waals surface area contributed by atoms with Crippen molar-refractivity contribution in [2.24, 2.45) is 0 Å². The summed E-state index contributed by atoms with van der Waals surface area (Å²) in [4.78, 5) is 21.2. The molecular formula is C50H82BaO8. The minimum absolute atomic E-state index is 0. The number of benzene rings is 2. The molecule has 0 aliphatic rings. The Morgan fingerprint density at radius 2 is 0.780 bits per heavy atom. The first kappa shape index (κ1) is 57.8. The maximum atomic E-state index is 10.6. The predicted octanol–water partition coefficient (Wildman–Crippen LogP) is 9.95. The van der Waals surface area contributed by atoms with E-state index in [1.807, 2.05) is 60.7 Å². The third kappa shape index (κ3) is 38.2. The molecule has 0 radical (unpaired) electrons. The smallest absolute Gasteiger partial charge is 0.550 e. The van der Waals surface area contributed by atoms with Crippen LogP contribution in [0.25, 0.3) is 0 Å². The maximum absolute atomic E-state index is 10.6. The Hall–Kier alpha value is -1.21. The summed E-state index contributed by atoms with van der Waals surface area (Å²) in [5, 5.41) is 42.1. The molecule has 59 heavy (non-hydrogen) atoms. The van der Waals surface area contributed by atoms with Gasteiger partial charge >= 0.3 is 48.9 Å². The van der Waals surface area contributed by atoms with E-state index in [9.17, 15) is 30.0 Å². The number of ether oxygens (including phenoxy) is 2. The molecule has 0 amide bonds. The van der Waals surface area contributed by atoms with E-state index < -0.39 is 11.9 Å². The third-order valence-corrected chi connectivity index (χ3v) is 10.8. The van der Waals surface area contributed by atoms with Crippen LogP contribution in [0.15, 0.2) is 60.7 Å². The van der Waals surface area contributed by atoms with Gasteiger partial charge in [-0.15, -0.1) is 0 Å². The molecule has 0 saturated carbocycles. The summed E-state index contributed by atoms with van der Waals surface area (Å²) in [6.07, 6.45) is 26.8. The molecule has 0 spiro atoms. The van der Waals surface area contributed by atoms with Crippen LogP contribution in [0.1, 0.15) is 205 Å². The van der Waals surface area contributed by atoms with Gasteiger partial charge in [-0.3, -0.25) is 0 Å². The second-order valence-corrected chi connectivity index (χ2v) is 16.4. The van der Waals surface area contributed by atoms with Crippen molar-refractivity contribution >= 4 is 60.8 Å². The Labute approximate surface area is 400 Å². The monoisotopic (exact) mass is 949 g/mol. The number of carboxylic acid groups (broad SMARTS) is 2. The van der Waals surface area contributed by atoms with Crippen LogP contribution in [0, 0.1) is 0 Å². The van der Waals surface area contributed by atoms with Crippen molar-refractivity contribution < 1.29 is 39.5 Å². The molecule has 0 aliphatic carbocycles. The Kier molecular flexibility index (Phi) is 41.2. The number of hydrogen-bond donors (Lipinski definition) is 2. The van der Waals surface area contributed by atoms with Gasteiger partial charge < -0.3 is 39.5 Å². The first-order valence-corrected chi connectivity index (χ1v) is 23.3. The number of aliphatic hydroxyl groups is 2. The van der Waals surface area contributed by atoms with Crippen LogP contribution in [-0.2, 0) is 32.3 Å². The van der Waals surface area contributed by atoms with Crippen molar-refractivity contribution in [3.05, 3.63) is 71.8 Å². The summed E-state index contributed by atoms with van der Waals surface area (Å²) >= 11 is 0. The van der Waals surface area contributed by atoms with Crippen LogP contribution in [0.3, 0.4) is 0 Å². The van der Waals surface area contributed by atoms with E-state index in [0.717, 1.165) is 62.5 Å². The molecule has 2 N–H and O–H groups in total. The summed E-state index contributed by atoms with van der Waals surface area (Å²) in [6, 6.07) is 20.1. The number of unbranched alkanes of at least 4 members (excludes halogenated alkanes) is 16. The normalized spacial score (nSPS) is 13.1. The summed E-state index contributed by atoms with van der Waals surface area (Å²) < 4.78 is 12.1. The molecule has 0 bridgehead atoms. The molecule has 0 aliphatic heterocycles. The Bertz CT molecular complexity index is 1110. The average Bonchev–Trinajstić information content (AvgIpc) is 3.21. The van der Waals surface area contributed by atoms with Crippen molar-refractivity contribution in [2.45, 2.75) is 231 Å². The van der Waals surface area contributed by atoms with E-state index in [4.69, 9.17) is 9.47 Å². The fourth-order valence-corrected chi connectivity index (χ4v) is 7.27. The number of carboxylic acids is 2. The van der Waals surface area contributed by atoms with Crippen molar-refractivity contribution in [2.75, 3.05) is 0 Å². The Balaban J connectivity index is 0.00000112. The molecule has 332 valence electrons. The summed E-state index contributed by atoms with van der Waals surface area (Å²) in [7, 11) is 0. The van der Waals surface area contributed by atoms with Crippen LogP contribution in [-0.4, -0.2) is 95.4 Å². The van der Waals surface area contributed by atoms with Crippen LogP contribution in [0.2, 0.25) is 0 Å². The largest absolute Gasteiger partial charge is 2.00 e. The van der Waals surface area contributed by atoms with Crippen molar-refractivity contribution in [1.82, 2.24) is 0 Å². The van der Waals surface area contributed by atoms with Crippen molar-refractivity contribution in [3.8, 4) is 0 Å². The minimum atomic E-state index is -0.999. The number of aliphatic carboxylic acids is 2. The van der Waals surface area contributed by atoms with E-state index in [1.165, 1.54) is 89.9 Å². The molecule has 8 nitrogen and oxygen atoms in total. The summed E-state index contributed by atoms with van der Waals surface area (Å²) in [5.74, 6) is -2.00. The average molecular weight is 949 g/mol. The van der Waals surface area contributed by atoms with Crippen LogP contribution in [0.4, 0.5) is 0 Å². The van der Waals surface area contributed by atoms with E-state index in [1.54, 1.807) is 0 Å². The zero-order valence-electron chi connectivity index (χ0n) is 37.3. The summed E-state index contributed by atoms with van der Waals surface area (Å²) in [6.45, 7) is 5.52. The zero-order chi connectivity index (χ0) is 42.3. The number of aliphatic hydroxyl groups excluding tert-OH is 2. The van der Waals surface area contributed by atoms with E-state index >= 15 is 0 Å². The van der Waals surface area contributed by atoms with Crippen LogP contribution < -0.4 is 10.2 Å². The second-order valence-electron chi connectivity index (χ2n) is 16.4. The van der Waals surface area contributed by atoms with Gasteiger partial charge in [-0.1, -0.05) is 190 Å². The molecule has 0 saturated heterocycles. The summed E-state index contributed by atoms with van der Waals surface area (Å²) in [5.41, 5.74) is 2.23. The van der Waals surface area contributed by atoms with Gasteiger partial charge in [0.1, 0.15) is 0 Å². The van der Waals surface area contributed by atoms with Crippen LogP contribution >= 0.6 is 0 Å².